The van der Waals surface area contributed by atoms with E-state index in [2.05, 4.69) is 22.0 Å². The first-order chi connectivity index (χ1) is 13.5. The van der Waals surface area contributed by atoms with Crippen LogP contribution in [0.15, 0.2) is 59.5 Å². The van der Waals surface area contributed by atoms with E-state index >= 15 is 0 Å². The van der Waals surface area contributed by atoms with Gasteiger partial charge in [-0.3, -0.25) is 4.90 Å². The normalized spacial score (nSPS) is 23.9. The highest BCUT2D eigenvalue weighted by Gasteiger charge is 2.42. The molecule has 3 aromatic rings. The summed E-state index contributed by atoms with van der Waals surface area (Å²) in [5, 5.41) is 11.9. The Morgan fingerprint density at radius 1 is 1.00 bits per heavy atom. The molecule has 0 bridgehead atoms. The molecule has 0 unspecified atom stereocenters. The van der Waals surface area contributed by atoms with Crippen molar-refractivity contribution >= 4 is 20.9 Å². The summed E-state index contributed by atoms with van der Waals surface area (Å²) in [5.41, 5.74) is 3.65. The third-order valence-electron chi connectivity index (χ3n) is 5.99. The molecule has 7 heteroatoms. The van der Waals surface area contributed by atoms with Gasteiger partial charge in [-0.25, -0.2) is 8.42 Å². The van der Waals surface area contributed by atoms with Crippen molar-refractivity contribution in [3.63, 3.8) is 0 Å². The number of aromatic amines is 1. The average molecular weight is 398 g/mol. The van der Waals surface area contributed by atoms with Gasteiger partial charge in [0.15, 0.2) is 0 Å². The fourth-order valence-corrected chi connectivity index (χ4v) is 6.00. The number of rotatable bonds is 3. The van der Waals surface area contributed by atoms with Crippen LogP contribution in [0.3, 0.4) is 0 Å². The zero-order valence-corrected chi connectivity index (χ0v) is 16.3. The number of nitrogens with one attached hydrogen (secondary N) is 1. The lowest BCUT2D eigenvalue weighted by atomic mass is 10.0. The Balaban J connectivity index is 1.39. The summed E-state index contributed by atoms with van der Waals surface area (Å²) in [6.07, 6.45) is 0.184. The Hall–Kier alpha value is -2.19. The Morgan fingerprint density at radius 2 is 1.75 bits per heavy atom. The lowest BCUT2D eigenvalue weighted by molar-refractivity contribution is 0.0747. The van der Waals surface area contributed by atoms with Gasteiger partial charge >= 0.3 is 0 Å². The third kappa shape index (κ3) is 2.86. The van der Waals surface area contributed by atoms with E-state index in [0.717, 1.165) is 25.0 Å². The maximum atomic E-state index is 12.9. The number of hydrogen-bond acceptors (Lipinski definition) is 4. The minimum Gasteiger partial charge on any atom is -0.390 e. The van der Waals surface area contributed by atoms with Gasteiger partial charge in [-0.1, -0.05) is 36.4 Å². The van der Waals surface area contributed by atoms with Gasteiger partial charge in [0.2, 0.25) is 10.0 Å². The number of aliphatic hydroxyl groups is 1. The topological polar surface area (TPSA) is 76.6 Å². The zero-order chi connectivity index (χ0) is 19.3. The molecule has 0 spiro atoms. The Kier molecular flexibility index (Phi) is 4.28. The van der Waals surface area contributed by atoms with Crippen molar-refractivity contribution in [2.24, 2.45) is 0 Å². The smallest absolute Gasteiger partial charge is 0.243 e. The summed E-state index contributed by atoms with van der Waals surface area (Å²) in [6.45, 7) is 1.98. The molecule has 1 fully saturated rings. The molecule has 3 heterocycles. The molecule has 5 rings (SSSR count). The van der Waals surface area contributed by atoms with Crippen molar-refractivity contribution in [2.75, 3.05) is 19.6 Å². The van der Waals surface area contributed by atoms with Crippen LogP contribution in [0.1, 0.15) is 11.3 Å². The summed E-state index contributed by atoms with van der Waals surface area (Å²) >= 11 is 0. The third-order valence-corrected chi connectivity index (χ3v) is 7.83. The lowest BCUT2D eigenvalue weighted by Gasteiger charge is -2.33. The molecule has 1 saturated heterocycles. The summed E-state index contributed by atoms with van der Waals surface area (Å²) in [6, 6.07) is 16.5. The van der Waals surface area contributed by atoms with Gasteiger partial charge in [-0.15, -0.1) is 0 Å². The first-order valence-electron chi connectivity index (χ1n) is 9.60. The van der Waals surface area contributed by atoms with Crippen molar-refractivity contribution in [1.29, 1.82) is 0 Å². The Morgan fingerprint density at radius 3 is 2.57 bits per heavy atom. The van der Waals surface area contributed by atoms with Crippen LogP contribution in [0.2, 0.25) is 0 Å². The molecule has 146 valence electrons. The molecular weight excluding hydrogens is 374 g/mol. The van der Waals surface area contributed by atoms with Crippen LogP contribution in [0.5, 0.6) is 0 Å². The van der Waals surface area contributed by atoms with Crippen LogP contribution in [0.25, 0.3) is 10.9 Å². The highest BCUT2D eigenvalue weighted by Crippen LogP contribution is 2.31. The van der Waals surface area contributed by atoms with Crippen LogP contribution in [0.4, 0.5) is 0 Å². The molecular formula is C21H23N3O3S. The number of benzene rings is 2. The monoisotopic (exact) mass is 397 g/mol. The van der Waals surface area contributed by atoms with E-state index in [9.17, 15) is 13.5 Å². The van der Waals surface area contributed by atoms with Gasteiger partial charge in [0, 0.05) is 49.2 Å². The molecule has 0 saturated carbocycles. The fraction of sp³-hybridized carbons (Fsp3) is 0.333. The average Bonchev–Trinajstić information content (AvgIpc) is 3.29. The number of aromatic nitrogens is 1. The second-order valence-corrected chi connectivity index (χ2v) is 9.56. The van der Waals surface area contributed by atoms with E-state index < -0.39 is 16.1 Å². The molecule has 0 aliphatic carbocycles. The largest absolute Gasteiger partial charge is 0.390 e. The van der Waals surface area contributed by atoms with Gasteiger partial charge in [0.05, 0.1) is 17.0 Å². The van der Waals surface area contributed by atoms with Gasteiger partial charge in [0.25, 0.3) is 0 Å². The number of β-amino-alcohol motifs (C(OH)–C–C–N with tert-alkyl or cyclic N) is 1. The molecule has 2 aromatic carbocycles. The molecule has 2 aliphatic rings. The van der Waals surface area contributed by atoms with E-state index in [1.165, 1.54) is 20.9 Å². The van der Waals surface area contributed by atoms with Crippen LogP contribution < -0.4 is 0 Å². The van der Waals surface area contributed by atoms with Crippen LogP contribution in [0, 0.1) is 0 Å². The number of nitrogens with zero attached hydrogens (tertiary/aromatic N) is 2. The summed E-state index contributed by atoms with van der Waals surface area (Å²) < 4.78 is 27.3. The predicted octanol–water partition coefficient (Wildman–Crippen LogP) is 1.96. The summed E-state index contributed by atoms with van der Waals surface area (Å²) in [7, 11) is -3.59. The molecule has 2 N–H and O–H groups in total. The Labute approximate surface area is 164 Å². The van der Waals surface area contributed by atoms with Crippen molar-refractivity contribution in [1.82, 2.24) is 14.2 Å². The number of hydrogen-bond donors (Lipinski definition) is 2. The van der Waals surface area contributed by atoms with Crippen LogP contribution in [-0.4, -0.2) is 59.5 Å². The second-order valence-electron chi connectivity index (χ2n) is 7.62. The van der Waals surface area contributed by atoms with E-state index in [1.807, 2.05) is 12.1 Å². The maximum Gasteiger partial charge on any atom is 0.243 e. The fourth-order valence-electron chi connectivity index (χ4n) is 4.50. The predicted molar refractivity (Wildman–Crippen MR) is 107 cm³/mol. The van der Waals surface area contributed by atoms with E-state index in [0.29, 0.717) is 6.54 Å². The van der Waals surface area contributed by atoms with Gasteiger partial charge in [0.1, 0.15) is 0 Å². The number of sulfonamides is 1. The van der Waals surface area contributed by atoms with E-state index in [1.54, 1.807) is 30.3 Å². The highest BCUT2D eigenvalue weighted by atomic mass is 32.2. The highest BCUT2D eigenvalue weighted by molar-refractivity contribution is 7.89. The van der Waals surface area contributed by atoms with Crippen molar-refractivity contribution in [2.45, 2.75) is 30.0 Å². The quantitative estimate of drug-likeness (QED) is 0.708. The minimum absolute atomic E-state index is 0.138. The second kappa shape index (κ2) is 6.70. The summed E-state index contributed by atoms with van der Waals surface area (Å²) in [5.74, 6) is 0. The SMILES string of the molecule is O=S(=O)(c1ccccc1)N1C[C@@H](O)[C@H](N2CCc3[nH]c4ccccc4c3C2)C1. The zero-order valence-electron chi connectivity index (χ0n) is 15.5. The molecule has 1 aromatic heterocycles. The summed E-state index contributed by atoms with van der Waals surface area (Å²) in [4.78, 5) is 6.01. The van der Waals surface area contributed by atoms with Crippen molar-refractivity contribution < 1.29 is 13.5 Å². The first kappa shape index (κ1) is 17.9. The number of fused-ring (bicyclic) bond motifs is 3. The van der Waals surface area contributed by atoms with Gasteiger partial charge < -0.3 is 10.1 Å². The van der Waals surface area contributed by atoms with Crippen LogP contribution in [-0.2, 0) is 23.0 Å². The van der Waals surface area contributed by atoms with Crippen molar-refractivity contribution in [3.8, 4) is 0 Å². The lowest BCUT2D eigenvalue weighted by Crippen LogP contribution is -2.45. The molecule has 28 heavy (non-hydrogen) atoms. The first-order valence-corrected chi connectivity index (χ1v) is 11.0. The number of aliphatic hydroxyl groups excluding tert-OH is 1. The minimum atomic E-state index is -3.59. The van der Waals surface area contributed by atoms with Gasteiger partial charge in [-0.2, -0.15) is 4.31 Å². The molecule has 0 radical (unpaired) electrons. The molecule has 0 amide bonds. The number of para-hydroxylation sites is 1. The molecule has 6 nitrogen and oxygen atoms in total. The van der Waals surface area contributed by atoms with E-state index in [-0.39, 0.29) is 17.5 Å². The van der Waals surface area contributed by atoms with E-state index in [4.69, 9.17) is 0 Å². The number of H-pyrrole nitrogens is 1. The molecule has 2 atom stereocenters. The Bertz CT molecular complexity index is 1110. The standard InChI is InChI=1S/C21H23N3O3S/c25-21-14-24(28(26,27)15-6-2-1-3-7-15)13-20(21)23-11-10-19-17(12-23)16-8-4-5-9-18(16)22-19/h1-9,20-22,25H,10-14H2/t20-,21-/m1/s1. The van der Waals surface area contributed by atoms with Crippen molar-refractivity contribution in [3.05, 3.63) is 65.9 Å². The molecule has 2 aliphatic heterocycles. The van der Waals surface area contributed by atoms with Gasteiger partial charge in [-0.05, 0) is 23.8 Å². The van der Waals surface area contributed by atoms with Crippen LogP contribution >= 0.6 is 0 Å². The maximum absolute atomic E-state index is 12.9.